The van der Waals surface area contributed by atoms with Gasteiger partial charge in [0, 0.05) is 24.1 Å². The van der Waals surface area contributed by atoms with Gasteiger partial charge >= 0.3 is 0 Å². The van der Waals surface area contributed by atoms with Crippen LogP contribution in [0.3, 0.4) is 0 Å². The molecule has 0 aliphatic heterocycles. The number of nitrogens with zero attached hydrogens (tertiary/aromatic N) is 1. The maximum Gasteiger partial charge on any atom is 0.265 e. The molecule has 0 spiro atoms. The van der Waals surface area contributed by atoms with Crippen molar-refractivity contribution in [2.45, 2.75) is 9.79 Å². The van der Waals surface area contributed by atoms with Crippen LogP contribution in [0, 0.1) is 0 Å². The zero-order valence-electron chi connectivity index (χ0n) is 14.6. The first-order valence-corrected chi connectivity index (χ1v) is 11.1. The highest BCUT2D eigenvalue weighted by molar-refractivity contribution is 9.10. The molecular formula is C16H17BrN2O6S2. The molecule has 1 amide bonds. The average Bonchev–Trinajstić information content (AvgIpc) is 2.60. The van der Waals surface area contributed by atoms with Crippen LogP contribution in [0.4, 0.5) is 0 Å². The van der Waals surface area contributed by atoms with Crippen LogP contribution in [-0.4, -0.2) is 48.3 Å². The largest absolute Gasteiger partial charge is 0.495 e. The fourth-order valence-electron chi connectivity index (χ4n) is 2.07. The van der Waals surface area contributed by atoms with E-state index in [2.05, 4.69) is 15.9 Å². The Bertz CT molecular complexity index is 1060. The smallest absolute Gasteiger partial charge is 0.265 e. The molecule has 0 radical (unpaired) electrons. The monoisotopic (exact) mass is 476 g/mol. The molecule has 8 nitrogen and oxygen atoms in total. The van der Waals surface area contributed by atoms with E-state index >= 15 is 0 Å². The summed E-state index contributed by atoms with van der Waals surface area (Å²) in [6.45, 7) is 0. The van der Waals surface area contributed by atoms with E-state index in [0.29, 0.717) is 4.47 Å². The van der Waals surface area contributed by atoms with Crippen LogP contribution in [0.25, 0.3) is 0 Å². The normalized spacial score (nSPS) is 12.0. The number of hydrogen-bond acceptors (Lipinski definition) is 6. The molecule has 0 aliphatic rings. The van der Waals surface area contributed by atoms with E-state index in [-0.39, 0.29) is 21.1 Å². The maximum atomic E-state index is 12.4. The number of hydrogen-bond donors (Lipinski definition) is 1. The lowest BCUT2D eigenvalue weighted by Gasteiger charge is -2.15. The minimum absolute atomic E-state index is 0.0380. The highest BCUT2D eigenvalue weighted by atomic mass is 79.9. The Balaban J connectivity index is 2.41. The summed E-state index contributed by atoms with van der Waals surface area (Å²) in [5, 5.41) is 0. The summed E-state index contributed by atoms with van der Waals surface area (Å²) < 4.78 is 58.1. The zero-order chi connectivity index (χ0) is 20.4. The topological polar surface area (TPSA) is 110 Å². The van der Waals surface area contributed by atoms with Gasteiger partial charge in [0.15, 0.2) is 0 Å². The number of carbonyl (C=O) groups excluding carboxylic acids is 1. The van der Waals surface area contributed by atoms with Crippen molar-refractivity contribution in [1.29, 1.82) is 0 Å². The van der Waals surface area contributed by atoms with Crippen molar-refractivity contribution in [2.24, 2.45) is 0 Å². The molecule has 0 saturated heterocycles. The molecule has 146 valence electrons. The average molecular weight is 477 g/mol. The van der Waals surface area contributed by atoms with Crippen molar-refractivity contribution < 1.29 is 26.4 Å². The van der Waals surface area contributed by atoms with E-state index in [1.165, 1.54) is 57.6 Å². The zero-order valence-corrected chi connectivity index (χ0v) is 17.9. The Morgan fingerprint density at radius 3 is 2.15 bits per heavy atom. The molecular weight excluding hydrogens is 460 g/mol. The fraction of sp³-hybridized carbons (Fsp3) is 0.188. The van der Waals surface area contributed by atoms with Gasteiger partial charge in [-0.15, -0.1) is 0 Å². The summed E-state index contributed by atoms with van der Waals surface area (Å²) in [4.78, 5) is 12.1. The molecule has 11 heteroatoms. The molecule has 2 aromatic rings. The second-order valence-electron chi connectivity index (χ2n) is 5.54. The number of methoxy groups -OCH3 is 1. The molecule has 0 fully saturated rings. The first-order chi connectivity index (χ1) is 12.5. The van der Waals surface area contributed by atoms with E-state index in [9.17, 15) is 21.6 Å². The molecule has 0 aromatic heterocycles. The van der Waals surface area contributed by atoms with E-state index in [0.717, 1.165) is 10.4 Å². The third-order valence-corrected chi connectivity index (χ3v) is 7.25. The first-order valence-electron chi connectivity index (χ1n) is 7.42. The summed E-state index contributed by atoms with van der Waals surface area (Å²) in [6.07, 6.45) is 0. The Morgan fingerprint density at radius 2 is 1.63 bits per heavy atom. The van der Waals surface area contributed by atoms with E-state index in [4.69, 9.17) is 4.74 Å². The summed E-state index contributed by atoms with van der Waals surface area (Å²) in [5.41, 5.74) is -0.142. The minimum Gasteiger partial charge on any atom is -0.495 e. The van der Waals surface area contributed by atoms with Gasteiger partial charge in [-0.2, -0.15) is 0 Å². The molecule has 0 saturated carbocycles. The third-order valence-electron chi connectivity index (χ3n) is 3.54. The molecule has 0 heterocycles. The Morgan fingerprint density at radius 1 is 1.04 bits per heavy atom. The number of sulfonamides is 2. The molecule has 0 aliphatic carbocycles. The highest BCUT2D eigenvalue weighted by Gasteiger charge is 2.25. The van der Waals surface area contributed by atoms with Crippen LogP contribution in [0.5, 0.6) is 5.75 Å². The van der Waals surface area contributed by atoms with E-state index < -0.39 is 26.0 Å². The lowest BCUT2D eigenvalue weighted by atomic mass is 10.2. The van der Waals surface area contributed by atoms with Crippen LogP contribution < -0.4 is 9.46 Å². The van der Waals surface area contributed by atoms with Crippen LogP contribution >= 0.6 is 15.9 Å². The number of rotatable bonds is 6. The number of amides is 1. The van der Waals surface area contributed by atoms with Crippen molar-refractivity contribution in [2.75, 3.05) is 21.2 Å². The van der Waals surface area contributed by atoms with Crippen molar-refractivity contribution in [3.8, 4) is 5.75 Å². The second kappa shape index (κ2) is 7.97. The van der Waals surface area contributed by atoms with E-state index in [1.807, 2.05) is 4.72 Å². The molecule has 2 aromatic carbocycles. The van der Waals surface area contributed by atoms with Crippen molar-refractivity contribution >= 4 is 41.9 Å². The Kier molecular flexibility index (Phi) is 6.30. The van der Waals surface area contributed by atoms with Gasteiger partial charge in [-0.1, -0.05) is 15.9 Å². The maximum absolute atomic E-state index is 12.4. The fourth-order valence-corrected chi connectivity index (χ4v) is 4.38. The van der Waals surface area contributed by atoms with Gasteiger partial charge in [0.1, 0.15) is 10.6 Å². The van der Waals surface area contributed by atoms with Gasteiger partial charge in [0.2, 0.25) is 10.0 Å². The van der Waals surface area contributed by atoms with Gasteiger partial charge in [-0.3, -0.25) is 4.79 Å². The highest BCUT2D eigenvalue weighted by Crippen LogP contribution is 2.27. The summed E-state index contributed by atoms with van der Waals surface area (Å²) in [5.74, 6) is -0.924. The number of ether oxygens (including phenoxy) is 1. The number of carbonyl (C=O) groups is 1. The Labute approximate surface area is 166 Å². The second-order valence-corrected chi connectivity index (χ2v) is 10.3. The third kappa shape index (κ3) is 4.67. The van der Waals surface area contributed by atoms with Gasteiger partial charge in [-0.05, 0) is 42.5 Å². The summed E-state index contributed by atoms with van der Waals surface area (Å²) in [6, 6.07) is 9.34. The molecule has 1 N–H and O–H groups in total. The summed E-state index contributed by atoms with van der Waals surface area (Å²) >= 11 is 3.20. The molecule has 0 atom stereocenters. The molecule has 2 rings (SSSR count). The molecule has 0 unspecified atom stereocenters. The molecule has 27 heavy (non-hydrogen) atoms. The van der Waals surface area contributed by atoms with Gasteiger partial charge in [-0.25, -0.2) is 25.9 Å². The standard InChI is InChI=1S/C16H17BrN2O6S2/c1-19(2)27(23,24)15-10-11(4-9-14(15)25-3)16(20)18-26(21,22)13-7-5-12(17)6-8-13/h4-10H,1-3H3,(H,18,20). The minimum atomic E-state index is -4.12. The molecule has 0 bridgehead atoms. The number of benzene rings is 2. The van der Waals surface area contributed by atoms with Crippen LogP contribution in [0.1, 0.15) is 10.4 Å². The number of nitrogens with one attached hydrogen (secondary N) is 1. The van der Waals surface area contributed by atoms with Crippen molar-refractivity contribution in [1.82, 2.24) is 9.03 Å². The van der Waals surface area contributed by atoms with Crippen molar-refractivity contribution in [3.63, 3.8) is 0 Å². The van der Waals surface area contributed by atoms with Crippen LogP contribution in [0.15, 0.2) is 56.7 Å². The number of halogens is 1. The van der Waals surface area contributed by atoms with Gasteiger partial charge < -0.3 is 4.74 Å². The van der Waals surface area contributed by atoms with Crippen LogP contribution in [0.2, 0.25) is 0 Å². The lowest BCUT2D eigenvalue weighted by molar-refractivity contribution is 0.0981. The van der Waals surface area contributed by atoms with Gasteiger partial charge in [0.25, 0.3) is 15.9 Å². The lowest BCUT2D eigenvalue weighted by Crippen LogP contribution is -2.31. The van der Waals surface area contributed by atoms with E-state index in [1.54, 1.807) is 0 Å². The first kappa shape index (κ1) is 21.4. The quantitative estimate of drug-likeness (QED) is 0.680. The predicted molar refractivity (Wildman–Crippen MR) is 103 cm³/mol. The Hall–Kier alpha value is -1.95. The summed E-state index contributed by atoms with van der Waals surface area (Å²) in [7, 11) is -4.06. The SMILES string of the molecule is COc1ccc(C(=O)NS(=O)(=O)c2ccc(Br)cc2)cc1S(=O)(=O)N(C)C. The van der Waals surface area contributed by atoms with Gasteiger partial charge in [0.05, 0.1) is 12.0 Å². The van der Waals surface area contributed by atoms with Crippen LogP contribution in [-0.2, 0) is 20.0 Å². The van der Waals surface area contributed by atoms with Crippen molar-refractivity contribution in [3.05, 3.63) is 52.5 Å². The predicted octanol–water partition coefficient (Wildman–Crippen LogP) is 1.83.